The molecule has 0 aromatic carbocycles. The SMILES string of the molecule is C[Si](C)(C)c1cc2c(s1)sc1sc3c(c12)-c1c(sc2sc4sc([Si](C)(C)C)cc4c12)C3=O. The van der Waals surface area contributed by atoms with E-state index in [0.29, 0.717) is 0 Å². The van der Waals surface area contributed by atoms with Crippen molar-refractivity contribution < 1.29 is 4.79 Å². The van der Waals surface area contributed by atoms with Gasteiger partial charge in [-0.25, -0.2) is 0 Å². The van der Waals surface area contributed by atoms with E-state index < -0.39 is 16.1 Å². The van der Waals surface area contributed by atoms with E-state index in [0.717, 1.165) is 9.75 Å². The van der Waals surface area contributed by atoms with Crippen LogP contribution in [0.15, 0.2) is 12.1 Å². The lowest BCUT2D eigenvalue weighted by molar-refractivity contribution is 0.105. The first-order valence-corrected chi connectivity index (χ1v) is 22.5. The molecule has 0 unspecified atom stereocenters. The predicted octanol–water partition coefficient (Wildman–Crippen LogP) is 8.97. The first-order valence-electron chi connectivity index (χ1n) is 10.6. The molecule has 6 aromatic rings. The Labute approximate surface area is 212 Å². The van der Waals surface area contributed by atoms with Gasteiger partial charge in [-0.05, 0) is 21.1 Å². The van der Waals surface area contributed by atoms with Crippen LogP contribution in [-0.2, 0) is 0 Å². The fourth-order valence-corrected chi connectivity index (χ4v) is 17.1. The summed E-state index contributed by atoms with van der Waals surface area (Å²) in [5, 5.41) is 5.50. The summed E-state index contributed by atoms with van der Waals surface area (Å²) >= 11 is 11.2. The number of carbonyl (C=O) groups is 1. The highest BCUT2D eigenvalue weighted by molar-refractivity contribution is 7.53. The number of fused-ring (bicyclic) bond motifs is 11. The van der Waals surface area contributed by atoms with Crippen LogP contribution in [0.3, 0.4) is 0 Å². The quantitative estimate of drug-likeness (QED) is 0.193. The normalized spacial score (nSPS) is 14.6. The van der Waals surface area contributed by atoms with E-state index in [4.69, 9.17) is 0 Å². The van der Waals surface area contributed by atoms with Crippen LogP contribution in [0, 0.1) is 0 Å². The van der Waals surface area contributed by atoms with Crippen molar-refractivity contribution in [2.24, 2.45) is 0 Å². The molecule has 1 nitrogen and oxygen atoms in total. The Morgan fingerprint density at radius 3 is 1.34 bits per heavy atom. The van der Waals surface area contributed by atoms with E-state index in [2.05, 4.69) is 51.4 Å². The molecule has 0 atom stereocenters. The maximum absolute atomic E-state index is 13.5. The van der Waals surface area contributed by atoms with Gasteiger partial charge in [0.25, 0.3) is 0 Å². The van der Waals surface area contributed by atoms with Crippen molar-refractivity contribution in [3.05, 3.63) is 21.9 Å². The lowest BCUT2D eigenvalue weighted by Gasteiger charge is -2.12. The third kappa shape index (κ3) is 2.59. The molecular formula is C23H20OS6Si2. The molecule has 0 aliphatic heterocycles. The first-order chi connectivity index (χ1) is 15.0. The summed E-state index contributed by atoms with van der Waals surface area (Å²) < 4.78 is 8.66. The smallest absolute Gasteiger partial charge is 0.214 e. The molecule has 0 fully saturated rings. The monoisotopic (exact) mass is 560 g/mol. The molecule has 0 saturated heterocycles. The second-order valence-electron chi connectivity index (χ2n) is 10.6. The van der Waals surface area contributed by atoms with Crippen molar-refractivity contribution in [1.29, 1.82) is 0 Å². The molecule has 0 amide bonds. The highest BCUT2D eigenvalue weighted by atomic mass is 32.2. The number of ketones is 1. The Balaban J connectivity index is 1.59. The summed E-state index contributed by atoms with van der Waals surface area (Å²) in [4.78, 5) is 15.4. The first kappa shape index (κ1) is 20.7. The van der Waals surface area contributed by atoms with Crippen molar-refractivity contribution in [2.45, 2.75) is 39.3 Å². The molecule has 0 spiro atoms. The van der Waals surface area contributed by atoms with Crippen LogP contribution >= 0.6 is 68.0 Å². The fourth-order valence-electron chi connectivity index (χ4n) is 4.51. The van der Waals surface area contributed by atoms with Crippen LogP contribution in [0.1, 0.15) is 14.5 Å². The summed E-state index contributed by atoms with van der Waals surface area (Å²) in [6, 6.07) is 4.92. The lowest BCUT2D eigenvalue weighted by atomic mass is 10.0. The minimum Gasteiger partial charge on any atom is -0.287 e. The van der Waals surface area contributed by atoms with Crippen LogP contribution in [0.4, 0.5) is 0 Å². The molecule has 162 valence electrons. The van der Waals surface area contributed by atoms with E-state index in [-0.39, 0.29) is 5.78 Å². The molecule has 0 N–H and O–H groups in total. The van der Waals surface area contributed by atoms with Gasteiger partial charge < -0.3 is 0 Å². The maximum Gasteiger partial charge on any atom is 0.214 e. The van der Waals surface area contributed by atoms with Crippen molar-refractivity contribution in [1.82, 2.24) is 0 Å². The van der Waals surface area contributed by atoms with Gasteiger partial charge in [-0.1, -0.05) is 39.3 Å². The molecule has 6 heterocycles. The molecule has 7 rings (SSSR count). The van der Waals surface area contributed by atoms with Crippen LogP contribution in [-0.4, -0.2) is 21.9 Å². The summed E-state index contributed by atoms with van der Waals surface area (Å²) in [5.74, 6) is 0.263. The largest absolute Gasteiger partial charge is 0.287 e. The van der Waals surface area contributed by atoms with Gasteiger partial charge in [0.2, 0.25) is 5.78 Å². The van der Waals surface area contributed by atoms with Crippen LogP contribution in [0.25, 0.3) is 48.7 Å². The Bertz CT molecular complexity index is 1640. The third-order valence-electron chi connectivity index (χ3n) is 6.20. The molecule has 0 radical (unpaired) electrons. The summed E-state index contributed by atoms with van der Waals surface area (Å²) in [6.07, 6.45) is 0. The number of rotatable bonds is 2. The minimum absolute atomic E-state index is 0.263. The molecular weight excluding hydrogens is 541 g/mol. The molecule has 0 bridgehead atoms. The molecule has 1 aliphatic carbocycles. The van der Waals surface area contributed by atoms with Gasteiger partial charge in [-0.2, -0.15) is 0 Å². The molecule has 9 heteroatoms. The van der Waals surface area contributed by atoms with Crippen molar-refractivity contribution in [2.75, 3.05) is 0 Å². The lowest BCUT2D eigenvalue weighted by Crippen LogP contribution is -2.34. The van der Waals surface area contributed by atoms with Crippen LogP contribution in [0.2, 0.25) is 39.3 Å². The maximum atomic E-state index is 13.5. The summed E-state index contributed by atoms with van der Waals surface area (Å²) in [5.41, 5.74) is 2.51. The Kier molecular flexibility index (Phi) is 4.08. The van der Waals surface area contributed by atoms with E-state index in [9.17, 15) is 4.79 Å². The number of hydrogen-bond donors (Lipinski definition) is 0. The number of hydrogen-bond acceptors (Lipinski definition) is 7. The predicted molar refractivity (Wildman–Crippen MR) is 159 cm³/mol. The van der Waals surface area contributed by atoms with Gasteiger partial charge in [0.15, 0.2) is 0 Å². The second-order valence-corrected chi connectivity index (χ2v) is 28.6. The molecule has 0 saturated carbocycles. The van der Waals surface area contributed by atoms with Crippen LogP contribution < -0.4 is 9.00 Å². The zero-order valence-corrected chi connectivity index (χ0v) is 25.4. The van der Waals surface area contributed by atoms with E-state index in [1.165, 1.54) is 48.7 Å². The Morgan fingerprint density at radius 1 is 0.562 bits per heavy atom. The van der Waals surface area contributed by atoms with Crippen molar-refractivity contribution in [3.8, 4) is 11.1 Å². The Hall–Kier alpha value is -0.656. The summed E-state index contributed by atoms with van der Waals surface area (Å²) in [6.45, 7) is 14.6. The van der Waals surface area contributed by atoms with Crippen molar-refractivity contribution >= 4 is 137 Å². The highest BCUT2D eigenvalue weighted by Crippen LogP contribution is 2.58. The minimum atomic E-state index is -1.36. The topological polar surface area (TPSA) is 17.1 Å². The highest BCUT2D eigenvalue weighted by Gasteiger charge is 2.38. The van der Waals surface area contributed by atoms with Gasteiger partial charge in [0, 0.05) is 32.7 Å². The van der Waals surface area contributed by atoms with E-state index >= 15 is 0 Å². The van der Waals surface area contributed by atoms with Gasteiger partial charge >= 0.3 is 0 Å². The average Bonchev–Trinajstić information content (AvgIpc) is 3.44. The van der Waals surface area contributed by atoms with Gasteiger partial charge in [0.1, 0.15) is 0 Å². The fraction of sp³-hybridized carbons (Fsp3) is 0.261. The zero-order chi connectivity index (χ0) is 22.3. The van der Waals surface area contributed by atoms with Gasteiger partial charge in [-0.3, -0.25) is 4.79 Å². The van der Waals surface area contributed by atoms with Gasteiger partial charge in [0.05, 0.1) is 42.0 Å². The molecule has 6 aromatic heterocycles. The third-order valence-corrected chi connectivity index (χ3v) is 20.8. The average molecular weight is 561 g/mol. The molecule has 32 heavy (non-hydrogen) atoms. The second kappa shape index (κ2) is 6.31. The van der Waals surface area contributed by atoms with E-state index in [1.54, 1.807) is 31.7 Å². The number of carbonyl (C=O) groups excluding carboxylic acids is 1. The standard InChI is InChI=1S/C23H20OS6Si2/c1-31(2,3)11-7-9-13-15-16-14-10-8-12(32(4,5)6)26-21(10)30-23(14)28-19(16)17(24)18(15)27-22(13)29-20(9)25-11/h7-8H,1-6H3. The zero-order valence-electron chi connectivity index (χ0n) is 18.5. The summed E-state index contributed by atoms with van der Waals surface area (Å²) in [7, 11) is -2.72. The van der Waals surface area contributed by atoms with Gasteiger partial charge in [-0.15, -0.1) is 68.0 Å². The number of thiophene rings is 6. The van der Waals surface area contributed by atoms with E-state index in [1.807, 2.05) is 45.3 Å². The molecule has 1 aliphatic rings. The van der Waals surface area contributed by atoms with Crippen LogP contribution in [0.5, 0.6) is 0 Å². The Morgan fingerprint density at radius 2 is 0.969 bits per heavy atom. The van der Waals surface area contributed by atoms with Crippen molar-refractivity contribution in [3.63, 3.8) is 0 Å².